The van der Waals surface area contributed by atoms with Crippen molar-refractivity contribution in [3.63, 3.8) is 0 Å². The monoisotopic (exact) mass is 260 g/mol. The minimum Gasteiger partial charge on any atom is -0.507 e. The Morgan fingerprint density at radius 3 is 2.47 bits per heavy atom. The van der Waals surface area contributed by atoms with Crippen molar-refractivity contribution in [3.8, 4) is 16.9 Å². The summed E-state index contributed by atoms with van der Waals surface area (Å²) in [4.78, 5) is 21.4. The highest BCUT2D eigenvalue weighted by Gasteiger charge is 2.11. The molecular weight excluding hydrogens is 251 g/mol. The zero-order chi connectivity index (χ0) is 14.0. The fraction of sp³-hybridized carbons (Fsp3) is 0. The molecule has 0 aliphatic heterocycles. The average molecular weight is 260 g/mol. The first-order chi connectivity index (χ1) is 9.02. The highest BCUT2D eigenvalue weighted by Crippen LogP contribution is 2.28. The van der Waals surface area contributed by atoms with E-state index >= 15 is 0 Å². The fourth-order valence-electron chi connectivity index (χ4n) is 1.69. The van der Waals surface area contributed by atoms with Crippen molar-refractivity contribution in [2.45, 2.75) is 0 Å². The first kappa shape index (κ1) is 12.8. The third-order valence-corrected chi connectivity index (χ3v) is 2.68. The van der Waals surface area contributed by atoms with Gasteiger partial charge in [0.15, 0.2) is 6.29 Å². The molecule has 2 rings (SSSR count). The van der Waals surface area contributed by atoms with Crippen LogP contribution in [-0.2, 0) is 0 Å². The number of benzene rings is 2. The third-order valence-electron chi connectivity index (χ3n) is 2.68. The number of phenols is 1. The predicted octanol–water partition coefficient (Wildman–Crippen LogP) is 2.71. The molecule has 2 aromatic rings. The minimum absolute atomic E-state index is 0.0487. The summed E-state index contributed by atoms with van der Waals surface area (Å²) < 4.78 is 13.7. The summed E-state index contributed by atoms with van der Waals surface area (Å²) in [5.74, 6) is -2.06. The molecule has 19 heavy (non-hydrogen) atoms. The number of aromatic hydroxyl groups is 1. The molecule has 4 nitrogen and oxygen atoms in total. The number of hydrogen-bond acceptors (Lipinski definition) is 3. The van der Waals surface area contributed by atoms with Crippen molar-refractivity contribution in [1.82, 2.24) is 0 Å². The van der Waals surface area contributed by atoms with Gasteiger partial charge in [-0.3, -0.25) is 4.79 Å². The predicted molar refractivity (Wildman–Crippen MR) is 65.8 cm³/mol. The van der Waals surface area contributed by atoms with Crippen LogP contribution in [0.1, 0.15) is 20.7 Å². The van der Waals surface area contributed by atoms with Crippen molar-refractivity contribution in [2.24, 2.45) is 0 Å². The molecular formula is C14H9FO4. The van der Waals surface area contributed by atoms with Gasteiger partial charge in [-0.2, -0.15) is 0 Å². The largest absolute Gasteiger partial charge is 0.507 e. The number of aromatic carboxylic acids is 1. The van der Waals surface area contributed by atoms with Crippen LogP contribution in [0.3, 0.4) is 0 Å². The SMILES string of the molecule is O=Cc1ccc(-c2cc(C(=O)O)ccc2F)cc1O. The Bertz CT molecular complexity index is 664. The Balaban J connectivity index is 2.57. The number of carbonyl (C=O) groups is 2. The Morgan fingerprint density at radius 1 is 1.16 bits per heavy atom. The van der Waals surface area contributed by atoms with Gasteiger partial charge in [-0.05, 0) is 35.9 Å². The van der Waals surface area contributed by atoms with Crippen molar-refractivity contribution < 1.29 is 24.2 Å². The topological polar surface area (TPSA) is 74.6 Å². The van der Waals surface area contributed by atoms with Gasteiger partial charge >= 0.3 is 5.97 Å². The van der Waals surface area contributed by atoms with Gasteiger partial charge in [-0.1, -0.05) is 6.07 Å². The molecule has 0 amide bonds. The Morgan fingerprint density at radius 2 is 1.89 bits per heavy atom. The van der Waals surface area contributed by atoms with E-state index in [1.54, 1.807) is 0 Å². The molecule has 5 heteroatoms. The molecule has 0 bridgehead atoms. The van der Waals surface area contributed by atoms with Gasteiger partial charge in [0.25, 0.3) is 0 Å². The number of carbonyl (C=O) groups excluding carboxylic acids is 1. The van der Waals surface area contributed by atoms with Crippen molar-refractivity contribution in [1.29, 1.82) is 0 Å². The number of phenolic OH excluding ortho intramolecular Hbond substituents is 1. The smallest absolute Gasteiger partial charge is 0.335 e. The first-order valence-corrected chi connectivity index (χ1v) is 5.34. The maximum absolute atomic E-state index is 13.7. The second kappa shape index (κ2) is 4.89. The molecule has 0 saturated carbocycles. The molecule has 0 atom stereocenters. The molecule has 0 aromatic heterocycles. The summed E-state index contributed by atoms with van der Waals surface area (Å²) in [7, 11) is 0. The summed E-state index contributed by atoms with van der Waals surface area (Å²) in [5, 5.41) is 18.4. The van der Waals surface area contributed by atoms with Crippen LogP contribution in [0, 0.1) is 5.82 Å². The van der Waals surface area contributed by atoms with Crippen LogP contribution in [0.5, 0.6) is 5.75 Å². The average Bonchev–Trinajstić information content (AvgIpc) is 2.38. The number of aldehydes is 1. The summed E-state index contributed by atoms with van der Waals surface area (Å²) in [5.41, 5.74) is 0.366. The molecule has 96 valence electrons. The van der Waals surface area contributed by atoms with Crippen molar-refractivity contribution >= 4 is 12.3 Å². The fourth-order valence-corrected chi connectivity index (χ4v) is 1.69. The van der Waals surface area contributed by atoms with Crippen molar-refractivity contribution in [2.75, 3.05) is 0 Å². The summed E-state index contributed by atoms with van der Waals surface area (Å²) in [6.07, 6.45) is 0.475. The van der Waals surface area contributed by atoms with Gasteiger partial charge < -0.3 is 10.2 Å². The van der Waals surface area contributed by atoms with Crippen LogP contribution in [-0.4, -0.2) is 22.5 Å². The van der Waals surface area contributed by atoms with Crippen LogP contribution < -0.4 is 0 Å². The van der Waals surface area contributed by atoms with E-state index in [2.05, 4.69) is 0 Å². The Hall–Kier alpha value is -2.69. The quantitative estimate of drug-likeness (QED) is 0.832. The minimum atomic E-state index is -1.17. The number of halogens is 1. The Labute approximate surface area is 107 Å². The molecule has 2 aromatic carbocycles. The zero-order valence-corrected chi connectivity index (χ0v) is 9.63. The van der Waals surface area contributed by atoms with Gasteiger partial charge in [0.2, 0.25) is 0 Å². The van der Waals surface area contributed by atoms with Crippen LogP contribution in [0.15, 0.2) is 36.4 Å². The van der Waals surface area contributed by atoms with E-state index in [9.17, 15) is 19.1 Å². The number of carboxylic acid groups (broad SMARTS) is 1. The standard InChI is InChI=1S/C14H9FO4/c15-12-4-3-9(14(18)19)5-11(12)8-1-2-10(7-16)13(17)6-8/h1-7,17H,(H,18,19). The van der Waals surface area contributed by atoms with Gasteiger partial charge in [-0.25, -0.2) is 9.18 Å². The first-order valence-electron chi connectivity index (χ1n) is 5.34. The molecule has 0 unspecified atom stereocenters. The van der Waals surface area contributed by atoms with E-state index in [0.717, 1.165) is 12.1 Å². The van der Waals surface area contributed by atoms with Gasteiger partial charge in [0.05, 0.1) is 11.1 Å². The van der Waals surface area contributed by atoms with Crippen molar-refractivity contribution in [3.05, 3.63) is 53.3 Å². The second-order valence-electron chi connectivity index (χ2n) is 3.89. The summed E-state index contributed by atoms with van der Waals surface area (Å²) >= 11 is 0. The highest BCUT2D eigenvalue weighted by molar-refractivity contribution is 5.90. The van der Waals surface area contributed by atoms with Crippen LogP contribution in [0.2, 0.25) is 0 Å². The lowest BCUT2D eigenvalue weighted by molar-refractivity contribution is 0.0696. The number of rotatable bonds is 3. The van der Waals surface area contributed by atoms with Crippen LogP contribution in [0.25, 0.3) is 11.1 Å². The lowest BCUT2D eigenvalue weighted by Crippen LogP contribution is -1.97. The number of hydrogen-bond donors (Lipinski definition) is 2. The van der Waals surface area contributed by atoms with E-state index in [1.807, 2.05) is 0 Å². The second-order valence-corrected chi connectivity index (χ2v) is 3.89. The van der Waals surface area contributed by atoms with E-state index in [-0.39, 0.29) is 22.4 Å². The summed E-state index contributed by atoms with van der Waals surface area (Å²) in [6, 6.07) is 7.36. The van der Waals surface area contributed by atoms with E-state index in [0.29, 0.717) is 11.8 Å². The lowest BCUT2D eigenvalue weighted by Gasteiger charge is -2.06. The van der Waals surface area contributed by atoms with E-state index in [1.165, 1.54) is 24.3 Å². The highest BCUT2D eigenvalue weighted by atomic mass is 19.1. The van der Waals surface area contributed by atoms with Crippen LogP contribution in [0.4, 0.5) is 4.39 Å². The molecule has 0 saturated heterocycles. The molecule has 0 aliphatic carbocycles. The Kier molecular flexibility index (Phi) is 3.29. The molecule has 0 fully saturated rings. The van der Waals surface area contributed by atoms with E-state index < -0.39 is 11.8 Å². The third kappa shape index (κ3) is 2.44. The van der Waals surface area contributed by atoms with Gasteiger partial charge in [0.1, 0.15) is 11.6 Å². The number of carboxylic acids is 1. The molecule has 0 aliphatic rings. The van der Waals surface area contributed by atoms with E-state index in [4.69, 9.17) is 5.11 Å². The summed E-state index contributed by atoms with van der Waals surface area (Å²) in [6.45, 7) is 0. The maximum atomic E-state index is 13.7. The normalized spacial score (nSPS) is 10.2. The van der Waals surface area contributed by atoms with Gasteiger partial charge in [0, 0.05) is 5.56 Å². The maximum Gasteiger partial charge on any atom is 0.335 e. The zero-order valence-electron chi connectivity index (χ0n) is 9.63. The molecule has 0 spiro atoms. The molecule has 2 N–H and O–H groups in total. The molecule has 0 heterocycles. The van der Waals surface area contributed by atoms with Crippen LogP contribution >= 0.6 is 0 Å². The van der Waals surface area contributed by atoms with Gasteiger partial charge in [-0.15, -0.1) is 0 Å². The molecule has 0 radical (unpaired) electrons. The lowest BCUT2D eigenvalue weighted by atomic mass is 10.0.